The van der Waals surface area contributed by atoms with Crippen LogP contribution < -0.4 is 5.01 Å². The van der Waals surface area contributed by atoms with Crippen LogP contribution in [-0.4, -0.2) is 5.71 Å². The molecule has 0 spiro atoms. The van der Waals surface area contributed by atoms with Crippen molar-refractivity contribution >= 4 is 46.2 Å². The van der Waals surface area contributed by atoms with Crippen molar-refractivity contribution in [3.8, 4) is 0 Å². The Morgan fingerprint density at radius 3 is 2.21 bits per heavy atom. The molecule has 0 aliphatic carbocycles. The summed E-state index contributed by atoms with van der Waals surface area (Å²) in [5, 5.41) is 8.79. The molecule has 2 nitrogen and oxygen atoms in total. The summed E-state index contributed by atoms with van der Waals surface area (Å²) in [5.41, 5.74) is 3.28. The molecule has 1 heterocycles. The van der Waals surface area contributed by atoms with Crippen molar-refractivity contribution in [1.82, 2.24) is 0 Å². The molecule has 1 atom stereocenters. The van der Waals surface area contributed by atoms with Crippen LogP contribution in [0.5, 0.6) is 0 Å². The van der Waals surface area contributed by atoms with E-state index in [0.717, 1.165) is 23.4 Å². The molecule has 2 aromatic carbocycles. The Morgan fingerprint density at radius 2 is 1.62 bits per heavy atom. The number of halogens is 3. The maximum absolute atomic E-state index is 6.23. The molecule has 5 heteroatoms. The Labute approximate surface area is 158 Å². The smallest absolute Gasteiger partial charge is 0.0828 e. The van der Waals surface area contributed by atoms with Crippen molar-refractivity contribution in [2.45, 2.75) is 33.2 Å². The van der Waals surface area contributed by atoms with Crippen molar-refractivity contribution in [2.24, 2.45) is 10.5 Å². The second-order valence-electron chi connectivity index (χ2n) is 7.01. The van der Waals surface area contributed by atoms with Gasteiger partial charge in [0.2, 0.25) is 0 Å². The van der Waals surface area contributed by atoms with E-state index in [9.17, 15) is 0 Å². The molecule has 1 aliphatic heterocycles. The third-order valence-electron chi connectivity index (χ3n) is 4.20. The minimum atomic E-state index is 0.00957. The van der Waals surface area contributed by atoms with E-state index >= 15 is 0 Å². The van der Waals surface area contributed by atoms with Gasteiger partial charge in [-0.3, -0.25) is 5.01 Å². The highest BCUT2D eigenvalue weighted by atomic mass is 35.5. The average molecular weight is 382 g/mol. The largest absolute Gasteiger partial charge is 0.258 e. The Kier molecular flexibility index (Phi) is 4.83. The van der Waals surface area contributed by atoms with Crippen LogP contribution in [0.2, 0.25) is 15.1 Å². The molecule has 0 saturated heterocycles. The summed E-state index contributed by atoms with van der Waals surface area (Å²) in [5.74, 6) is 0. The molecular weight excluding hydrogens is 363 g/mol. The minimum Gasteiger partial charge on any atom is -0.258 e. The first-order chi connectivity index (χ1) is 11.3. The molecule has 2 aromatic rings. The van der Waals surface area contributed by atoms with Gasteiger partial charge in [-0.05, 0) is 42.0 Å². The minimum absolute atomic E-state index is 0.00957. The molecule has 0 saturated carbocycles. The molecule has 0 amide bonds. The maximum Gasteiger partial charge on any atom is 0.0828 e. The zero-order chi connectivity index (χ0) is 17.5. The Hall–Kier alpha value is -1.22. The summed E-state index contributed by atoms with van der Waals surface area (Å²) in [7, 11) is 0. The van der Waals surface area contributed by atoms with Crippen LogP contribution in [-0.2, 0) is 0 Å². The van der Waals surface area contributed by atoms with Crippen molar-refractivity contribution < 1.29 is 0 Å². The summed E-state index contributed by atoms with van der Waals surface area (Å²) in [4.78, 5) is 0. The fourth-order valence-corrected chi connectivity index (χ4v) is 3.21. The van der Waals surface area contributed by atoms with Crippen LogP contribution in [0.3, 0.4) is 0 Å². The lowest BCUT2D eigenvalue weighted by Crippen LogP contribution is -2.19. The number of hydrogen-bond acceptors (Lipinski definition) is 2. The van der Waals surface area contributed by atoms with Crippen LogP contribution >= 0.6 is 34.8 Å². The standard InChI is InChI=1S/C19H19Cl3N2/c1-19(2,3)18-11-17(12-4-9-15(21)16(22)10-12)24(23-18)14-7-5-13(20)6-8-14/h4-10,17H,11H2,1-3H3. The lowest BCUT2D eigenvalue weighted by molar-refractivity contribution is 0.579. The highest BCUT2D eigenvalue weighted by molar-refractivity contribution is 6.42. The molecule has 1 aliphatic rings. The molecular formula is C19H19Cl3N2. The summed E-state index contributed by atoms with van der Waals surface area (Å²) in [6.45, 7) is 6.55. The SMILES string of the molecule is CC(C)(C)C1=NN(c2ccc(Cl)cc2)C(c2ccc(Cl)c(Cl)c2)C1. The van der Waals surface area contributed by atoms with E-state index in [1.807, 2.05) is 42.5 Å². The second kappa shape index (κ2) is 6.59. The zero-order valence-corrected chi connectivity index (χ0v) is 16.1. The van der Waals surface area contributed by atoms with E-state index in [2.05, 4.69) is 25.8 Å². The van der Waals surface area contributed by atoms with Crippen molar-refractivity contribution in [2.75, 3.05) is 5.01 Å². The Balaban J connectivity index is 2.03. The van der Waals surface area contributed by atoms with Gasteiger partial charge in [-0.2, -0.15) is 5.10 Å². The fraction of sp³-hybridized carbons (Fsp3) is 0.316. The first kappa shape index (κ1) is 17.6. The highest BCUT2D eigenvalue weighted by Gasteiger charge is 2.34. The quantitative estimate of drug-likeness (QED) is 0.546. The number of rotatable bonds is 2. The van der Waals surface area contributed by atoms with Gasteiger partial charge in [0.25, 0.3) is 0 Å². The van der Waals surface area contributed by atoms with E-state index in [0.29, 0.717) is 15.1 Å². The van der Waals surface area contributed by atoms with E-state index in [1.54, 1.807) is 0 Å². The predicted molar refractivity (Wildman–Crippen MR) is 105 cm³/mol. The third-order valence-corrected chi connectivity index (χ3v) is 5.19. The fourth-order valence-electron chi connectivity index (χ4n) is 2.78. The zero-order valence-electron chi connectivity index (χ0n) is 13.9. The monoisotopic (exact) mass is 380 g/mol. The molecule has 3 rings (SSSR count). The van der Waals surface area contributed by atoms with E-state index in [1.165, 1.54) is 0 Å². The van der Waals surface area contributed by atoms with Crippen LogP contribution in [0.1, 0.15) is 38.8 Å². The van der Waals surface area contributed by atoms with Crippen LogP contribution in [0, 0.1) is 5.41 Å². The highest BCUT2D eigenvalue weighted by Crippen LogP contribution is 2.40. The Bertz CT molecular complexity index is 776. The number of nitrogens with zero attached hydrogens (tertiary/aromatic N) is 2. The summed E-state index contributed by atoms with van der Waals surface area (Å²) >= 11 is 18.3. The van der Waals surface area contributed by atoms with Gasteiger partial charge in [0, 0.05) is 22.6 Å². The van der Waals surface area contributed by atoms with E-state index in [-0.39, 0.29) is 11.5 Å². The number of hydrogen-bond donors (Lipinski definition) is 0. The van der Waals surface area contributed by atoms with Crippen LogP contribution in [0.25, 0.3) is 0 Å². The van der Waals surface area contributed by atoms with Crippen LogP contribution in [0.15, 0.2) is 47.6 Å². The van der Waals surface area contributed by atoms with Gasteiger partial charge >= 0.3 is 0 Å². The maximum atomic E-state index is 6.23. The molecule has 0 fully saturated rings. The molecule has 0 bridgehead atoms. The molecule has 24 heavy (non-hydrogen) atoms. The van der Waals surface area contributed by atoms with Gasteiger partial charge in [0.15, 0.2) is 0 Å². The van der Waals surface area contributed by atoms with Gasteiger partial charge in [0.05, 0.1) is 21.8 Å². The summed E-state index contributed by atoms with van der Waals surface area (Å²) in [6.07, 6.45) is 0.851. The number of benzene rings is 2. The molecule has 126 valence electrons. The molecule has 0 radical (unpaired) electrons. The molecule has 1 unspecified atom stereocenters. The van der Waals surface area contributed by atoms with Gasteiger partial charge in [-0.15, -0.1) is 0 Å². The average Bonchev–Trinajstić information content (AvgIpc) is 2.96. The normalized spacial score (nSPS) is 18.0. The van der Waals surface area contributed by atoms with Crippen LogP contribution in [0.4, 0.5) is 5.69 Å². The topological polar surface area (TPSA) is 15.6 Å². The predicted octanol–water partition coefficient (Wildman–Crippen LogP) is 7.00. The number of hydrazone groups is 1. The van der Waals surface area contributed by atoms with E-state index < -0.39 is 0 Å². The van der Waals surface area contributed by atoms with Gasteiger partial charge in [0.1, 0.15) is 0 Å². The number of anilines is 1. The second-order valence-corrected chi connectivity index (χ2v) is 8.26. The first-order valence-corrected chi connectivity index (χ1v) is 8.97. The lowest BCUT2D eigenvalue weighted by Gasteiger charge is -2.24. The third kappa shape index (κ3) is 3.56. The molecule has 0 aromatic heterocycles. The lowest BCUT2D eigenvalue weighted by atomic mass is 9.86. The van der Waals surface area contributed by atoms with Crippen molar-refractivity contribution in [3.63, 3.8) is 0 Å². The summed E-state index contributed by atoms with van der Waals surface area (Å²) < 4.78 is 0. The van der Waals surface area contributed by atoms with Crippen molar-refractivity contribution in [1.29, 1.82) is 0 Å². The summed E-state index contributed by atoms with van der Waals surface area (Å²) in [6, 6.07) is 13.6. The molecule has 0 N–H and O–H groups in total. The Morgan fingerprint density at radius 1 is 0.958 bits per heavy atom. The first-order valence-electron chi connectivity index (χ1n) is 7.83. The van der Waals surface area contributed by atoms with Crippen molar-refractivity contribution in [3.05, 3.63) is 63.1 Å². The van der Waals surface area contributed by atoms with Gasteiger partial charge < -0.3 is 0 Å². The van der Waals surface area contributed by atoms with E-state index in [4.69, 9.17) is 39.9 Å². The van der Waals surface area contributed by atoms with Gasteiger partial charge in [-0.1, -0.05) is 61.6 Å². The van der Waals surface area contributed by atoms with Gasteiger partial charge in [-0.25, -0.2) is 0 Å².